The van der Waals surface area contributed by atoms with Crippen molar-refractivity contribution in [2.75, 3.05) is 12.9 Å². The van der Waals surface area contributed by atoms with Gasteiger partial charge in [0.05, 0.1) is 19.1 Å². The van der Waals surface area contributed by atoms with Crippen molar-refractivity contribution in [1.82, 2.24) is 20.2 Å². The Hall–Kier alpha value is -3.91. The minimum Gasteiger partial charge on any atom is -0.497 e. The lowest BCUT2D eigenvalue weighted by Gasteiger charge is -2.11. The zero-order chi connectivity index (χ0) is 23.9. The largest absolute Gasteiger partial charge is 0.497 e. The van der Waals surface area contributed by atoms with Gasteiger partial charge in [-0.3, -0.25) is 9.36 Å². The van der Waals surface area contributed by atoms with Gasteiger partial charge >= 0.3 is 0 Å². The fraction of sp³-hybridized carbons (Fsp3) is 0.154. The number of nitrogens with one attached hydrogen (secondary N) is 1. The van der Waals surface area contributed by atoms with Crippen molar-refractivity contribution in [3.8, 4) is 22.8 Å². The van der Waals surface area contributed by atoms with Crippen molar-refractivity contribution < 1.29 is 9.53 Å². The summed E-state index contributed by atoms with van der Waals surface area (Å²) in [6.07, 6.45) is 1.59. The zero-order valence-corrected chi connectivity index (χ0v) is 20.0. The third-order valence-electron chi connectivity index (χ3n) is 5.09. The molecule has 0 bridgehead atoms. The topological polar surface area (TPSA) is 81.4 Å². The van der Waals surface area contributed by atoms with Crippen molar-refractivity contribution in [2.24, 2.45) is 5.10 Å². The molecule has 0 aliphatic heterocycles. The molecule has 1 amide bonds. The van der Waals surface area contributed by atoms with Crippen molar-refractivity contribution in [3.63, 3.8) is 0 Å². The molecule has 0 atom stereocenters. The molecule has 1 aromatic heterocycles. The Balaban J connectivity index is 1.48. The van der Waals surface area contributed by atoms with Crippen LogP contribution >= 0.6 is 11.8 Å². The fourth-order valence-corrected chi connectivity index (χ4v) is 3.96. The molecule has 0 aliphatic carbocycles. The van der Waals surface area contributed by atoms with Crippen LogP contribution in [0.2, 0.25) is 0 Å². The molecule has 0 radical (unpaired) electrons. The number of carbonyl (C=O) groups is 1. The summed E-state index contributed by atoms with van der Waals surface area (Å²) in [7, 11) is 1.62. The van der Waals surface area contributed by atoms with E-state index in [-0.39, 0.29) is 11.7 Å². The summed E-state index contributed by atoms with van der Waals surface area (Å²) in [5, 5.41) is 13.5. The van der Waals surface area contributed by atoms with Gasteiger partial charge in [-0.1, -0.05) is 59.3 Å². The summed E-state index contributed by atoms with van der Waals surface area (Å²) in [5.74, 6) is 1.41. The molecule has 0 aliphatic rings. The van der Waals surface area contributed by atoms with Crippen LogP contribution in [-0.4, -0.2) is 39.7 Å². The summed E-state index contributed by atoms with van der Waals surface area (Å²) in [4.78, 5) is 12.4. The van der Waals surface area contributed by atoms with Gasteiger partial charge in [-0.2, -0.15) is 5.10 Å². The summed E-state index contributed by atoms with van der Waals surface area (Å²) in [6.45, 7) is 4.09. The first-order chi connectivity index (χ1) is 16.5. The molecule has 3 aromatic carbocycles. The Kier molecular flexibility index (Phi) is 7.39. The van der Waals surface area contributed by atoms with Gasteiger partial charge in [0.25, 0.3) is 5.91 Å². The number of hydrogen-bond donors (Lipinski definition) is 1. The quantitative estimate of drug-likeness (QED) is 0.227. The number of hydrazone groups is 1. The van der Waals surface area contributed by atoms with Crippen LogP contribution in [-0.2, 0) is 4.79 Å². The van der Waals surface area contributed by atoms with E-state index in [1.165, 1.54) is 17.3 Å². The normalized spacial score (nSPS) is 11.0. The van der Waals surface area contributed by atoms with Gasteiger partial charge in [-0.05, 0) is 55.8 Å². The van der Waals surface area contributed by atoms with Crippen LogP contribution in [0.15, 0.2) is 83.1 Å². The van der Waals surface area contributed by atoms with Crippen LogP contribution < -0.4 is 10.2 Å². The van der Waals surface area contributed by atoms with Crippen LogP contribution in [0.3, 0.4) is 0 Å². The molecular formula is C26H25N5O2S. The third-order valence-corrected chi connectivity index (χ3v) is 6.02. The van der Waals surface area contributed by atoms with E-state index in [0.717, 1.165) is 34.0 Å². The lowest BCUT2D eigenvalue weighted by atomic mass is 10.1. The Morgan fingerprint density at radius 3 is 2.26 bits per heavy atom. The number of ether oxygens (including phenoxy) is 1. The van der Waals surface area contributed by atoms with Crippen LogP contribution in [0.1, 0.15) is 16.7 Å². The maximum atomic E-state index is 12.4. The second-order valence-corrected chi connectivity index (χ2v) is 8.64. The van der Waals surface area contributed by atoms with Crippen molar-refractivity contribution in [1.29, 1.82) is 0 Å². The number of thioether (sulfide) groups is 1. The zero-order valence-electron chi connectivity index (χ0n) is 19.2. The molecule has 34 heavy (non-hydrogen) atoms. The molecule has 1 heterocycles. The molecular weight excluding hydrogens is 446 g/mol. The average molecular weight is 472 g/mol. The predicted octanol–water partition coefficient (Wildman–Crippen LogP) is 4.80. The Bertz CT molecular complexity index is 1280. The maximum absolute atomic E-state index is 12.4. The number of carbonyl (C=O) groups excluding carboxylic acids is 1. The summed E-state index contributed by atoms with van der Waals surface area (Å²) in [6, 6.07) is 23.7. The Morgan fingerprint density at radius 2 is 1.62 bits per heavy atom. The second kappa shape index (κ2) is 10.8. The van der Waals surface area contributed by atoms with E-state index in [0.29, 0.717) is 5.16 Å². The van der Waals surface area contributed by atoms with E-state index in [1.807, 2.05) is 91.2 Å². The molecule has 1 N–H and O–H groups in total. The maximum Gasteiger partial charge on any atom is 0.250 e. The summed E-state index contributed by atoms with van der Waals surface area (Å²) < 4.78 is 7.11. The molecule has 8 heteroatoms. The van der Waals surface area contributed by atoms with E-state index in [1.54, 1.807) is 13.3 Å². The first-order valence-electron chi connectivity index (χ1n) is 10.7. The second-order valence-electron chi connectivity index (χ2n) is 7.70. The van der Waals surface area contributed by atoms with Gasteiger partial charge in [0.15, 0.2) is 11.0 Å². The highest BCUT2D eigenvalue weighted by Crippen LogP contribution is 2.28. The van der Waals surface area contributed by atoms with Crippen molar-refractivity contribution in [2.45, 2.75) is 19.0 Å². The molecule has 4 aromatic rings. The number of methoxy groups -OCH3 is 1. The molecule has 7 nitrogen and oxygen atoms in total. The van der Waals surface area contributed by atoms with Crippen LogP contribution in [0.25, 0.3) is 17.1 Å². The van der Waals surface area contributed by atoms with E-state index in [9.17, 15) is 4.79 Å². The van der Waals surface area contributed by atoms with Gasteiger partial charge in [0.2, 0.25) is 0 Å². The van der Waals surface area contributed by atoms with Crippen LogP contribution in [0, 0.1) is 13.8 Å². The van der Waals surface area contributed by atoms with Crippen molar-refractivity contribution in [3.05, 3.63) is 89.5 Å². The molecule has 0 unspecified atom stereocenters. The number of aromatic nitrogens is 3. The lowest BCUT2D eigenvalue weighted by molar-refractivity contribution is -0.118. The van der Waals surface area contributed by atoms with Gasteiger partial charge in [-0.15, -0.1) is 10.2 Å². The van der Waals surface area contributed by atoms with Gasteiger partial charge in [0.1, 0.15) is 5.75 Å². The van der Waals surface area contributed by atoms with E-state index in [2.05, 4.69) is 20.7 Å². The summed E-state index contributed by atoms with van der Waals surface area (Å²) >= 11 is 1.31. The molecule has 0 fully saturated rings. The first-order valence-corrected chi connectivity index (χ1v) is 11.7. The number of nitrogens with zero attached hydrogens (tertiary/aromatic N) is 4. The monoisotopic (exact) mass is 471 g/mol. The van der Waals surface area contributed by atoms with Crippen molar-refractivity contribution >= 4 is 23.9 Å². The van der Waals surface area contributed by atoms with Gasteiger partial charge < -0.3 is 4.74 Å². The molecule has 172 valence electrons. The van der Waals surface area contributed by atoms with E-state index < -0.39 is 0 Å². The predicted molar refractivity (Wildman–Crippen MR) is 136 cm³/mol. The lowest BCUT2D eigenvalue weighted by Crippen LogP contribution is -2.20. The number of hydrogen-bond acceptors (Lipinski definition) is 6. The Labute approximate surface area is 202 Å². The number of rotatable bonds is 8. The standard InChI is InChI=1S/C26H25N5O2S/c1-18-4-10-21(11-5-18)25-29-30-26(31(25)22-12-6-19(2)7-13-22)34-17-24(32)28-27-16-20-8-14-23(33-3)15-9-20/h4-16H,17H2,1-3H3,(H,28,32)/b27-16+. The highest BCUT2D eigenvalue weighted by molar-refractivity contribution is 7.99. The third kappa shape index (κ3) is 5.71. The highest BCUT2D eigenvalue weighted by atomic mass is 32.2. The Morgan fingerprint density at radius 1 is 0.971 bits per heavy atom. The highest BCUT2D eigenvalue weighted by Gasteiger charge is 2.17. The molecule has 0 spiro atoms. The first kappa shape index (κ1) is 23.3. The van der Waals surface area contributed by atoms with E-state index >= 15 is 0 Å². The number of aryl methyl sites for hydroxylation is 2. The van der Waals surface area contributed by atoms with Crippen LogP contribution in [0.4, 0.5) is 0 Å². The minimum absolute atomic E-state index is 0.151. The summed E-state index contributed by atoms with van der Waals surface area (Å²) in [5.41, 5.74) is 7.65. The van der Waals surface area contributed by atoms with Gasteiger partial charge in [-0.25, -0.2) is 5.43 Å². The molecule has 4 rings (SSSR count). The molecule has 0 saturated heterocycles. The van der Waals surface area contributed by atoms with Gasteiger partial charge in [0, 0.05) is 11.3 Å². The average Bonchev–Trinajstić information content (AvgIpc) is 3.28. The minimum atomic E-state index is -0.231. The van der Waals surface area contributed by atoms with E-state index in [4.69, 9.17) is 4.74 Å². The van der Waals surface area contributed by atoms with Crippen LogP contribution in [0.5, 0.6) is 5.75 Å². The number of benzene rings is 3. The SMILES string of the molecule is COc1ccc(/C=N/NC(=O)CSc2nnc(-c3ccc(C)cc3)n2-c2ccc(C)cc2)cc1. The molecule has 0 saturated carbocycles. The fourth-order valence-electron chi connectivity index (χ4n) is 3.21. The smallest absolute Gasteiger partial charge is 0.250 e. The number of amides is 1.